The molecule has 2 nitrogen and oxygen atoms in total. The van der Waals surface area contributed by atoms with Crippen LogP contribution in [0.15, 0.2) is 0 Å². The summed E-state index contributed by atoms with van der Waals surface area (Å²) in [5.74, 6) is 0. The molecule has 0 aliphatic heterocycles. The van der Waals surface area contributed by atoms with Crippen LogP contribution in [0.3, 0.4) is 0 Å². The van der Waals surface area contributed by atoms with Gasteiger partial charge in [-0.1, -0.05) is 53.4 Å². The van der Waals surface area contributed by atoms with Gasteiger partial charge in [-0.2, -0.15) is 0 Å². The van der Waals surface area contributed by atoms with Crippen molar-refractivity contribution in [2.75, 3.05) is 0 Å². The molecular formula is C16H34O2S. The predicted molar refractivity (Wildman–Crippen MR) is 85.4 cm³/mol. The van der Waals surface area contributed by atoms with Gasteiger partial charge in [-0.05, 0) is 39.5 Å². The Kier molecular flexibility index (Phi) is 7.64. The molecule has 0 N–H and O–H groups in total. The Morgan fingerprint density at radius 2 is 0.842 bits per heavy atom. The second-order valence-electron chi connectivity index (χ2n) is 6.40. The summed E-state index contributed by atoms with van der Waals surface area (Å²) in [5.41, 5.74) is 0. The first-order valence-electron chi connectivity index (χ1n) is 7.98. The summed E-state index contributed by atoms with van der Waals surface area (Å²) in [6, 6.07) is 0. The second-order valence-corrected chi connectivity index (χ2v) is 9.38. The van der Waals surface area contributed by atoms with Crippen molar-refractivity contribution >= 4 is 9.84 Å². The molecule has 0 saturated carbocycles. The van der Waals surface area contributed by atoms with Crippen LogP contribution < -0.4 is 0 Å². The maximum Gasteiger partial charge on any atom is 0.161 e. The molecule has 0 rings (SSSR count). The second kappa shape index (κ2) is 7.66. The highest BCUT2D eigenvalue weighted by Gasteiger charge is 2.48. The lowest BCUT2D eigenvalue weighted by molar-refractivity contribution is 0.415. The summed E-state index contributed by atoms with van der Waals surface area (Å²) in [6.45, 7) is 12.3. The lowest BCUT2D eigenvalue weighted by Crippen LogP contribution is -2.49. The van der Waals surface area contributed by atoms with Crippen molar-refractivity contribution in [3.8, 4) is 0 Å². The Balaban J connectivity index is 5.59. The molecule has 0 bridgehead atoms. The molecule has 19 heavy (non-hydrogen) atoms. The molecule has 0 aromatic rings. The standard InChI is InChI=1S/C16H34O2S/c1-7-11-15(5,12-8-2)19(17,18)16(6,13-9-3)14-10-4/h7-14H2,1-6H3. The minimum atomic E-state index is -3.11. The van der Waals surface area contributed by atoms with Gasteiger partial charge in [0, 0.05) is 0 Å². The van der Waals surface area contributed by atoms with Crippen LogP contribution in [0.25, 0.3) is 0 Å². The first kappa shape index (κ1) is 18.9. The average molecular weight is 291 g/mol. The first-order chi connectivity index (χ1) is 8.74. The monoisotopic (exact) mass is 290 g/mol. The van der Waals surface area contributed by atoms with E-state index < -0.39 is 19.3 Å². The van der Waals surface area contributed by atoms with Crippen molar-refractivity contribution < 1.29 is 8.42 Å². The minimum Gasteiger partial charge on any atom is -0.228 e. The van der Waals surface area contributed by atoms with Crippen LogP contribution in [0.2, 0.25) is 0 Å². The fourth-order valence-electron chi connectivity index (χ4n) is 3.50. The Hall–Kier alpha value is -0.0500. The Morgan fingerprint density at radius 3 is 1.00 bits per heavy atom. The molecule has 0 aliphatic carbocycles. The van der Waals surface area contributed by atoms with Crippen LogP contribution >= 0.6 is 0 Å². The van der Waals surface area contributed by atoms with E-state index in [1.807, 2.05) is 13.8 Å². The third-order valence-corrected chi connectivity index (χ3v) is 7.82. The van der Waals surface area contributed by atoms with Gasteiger partial charge in [0.2, 0.25) is 0 Å². The topological polar surface area (TPSA) is 34.1 Å². The minimum absolute atomic E-state index is 0.546. The average Bonchev–Trinajstić information content (AvgIpc) is 2.29. The highest BCUT2D eigenvalue weighted by Crippen LogP contribution is 2.41. The molecule has 0 aliphatic rings. The van der Waals surface area contributed by atoms with E-state index in [9.17, 15) is 8.42 Å². The van der Waals surface area contributed by atoms with E-state index in [4.69, 9.17) is 0 Å². The molecular weight excluding hydrogens is 256 g/mol. The summed E-state index contributed by atoms with van der Waals surface area (Å²) in [6.07, 6.45) is 6.87. The van der Waals surface area contributed by atoms with E-state index in [0.29, 0.717) is 0 Å². The molecule has 0 aromatic carbocycles. The Labute approximate surface area is 121 Å². The van der Waals surface area contributed by atoms with E-state index in [0.717, 1.165) is 51.4 Å². The fraction of sp³-hybridized carbons (Fsp3) is 1.00. The zero-order valence-corrected chi connectivity index (χ0v) is 14.7. The van der Waals surface area contributed by atoms with Crippen LogP contribution in [-0.4, -0.2) is 17.9 Å². The fourth-order valence-corrected chi connectivity index (χ4v) is 6.58. The lowest BCUT2D eigenvalue weighted by atomic mass is 9.98. The van der Waals surface area contributed by atoms with Gasteiger partial charge in [-0.3, -0.25) is 0 Å². The van der Waals surface area contributed by atoms with E-state index in [1.54, 1.807) is 0 Å². The van der Waals surface area contributed by atoms with Crippen molar-refractivity contribution in [1.29, 1.82) is 0 Å². The van der Waals surface area contributed by atoms with Crippen molar-refractivity contribution in [2.24, 2.45) is 0 Å². The van der Waals surface area contributed by atoms with E-state index in [1.165, 1.54) is 0 Å². The van der Waals surface area contributed by atoms with Gasteiger partial charge in [0.1, 0.15) is 0 Å². The van der Waals surface area contributed by atoms with E-state index in [2.05, 4.69) is 27.7 Å². The van der Waals surface area contributed by atoms with E-state index in [-0.39, 0.29) is 0 Å². The van der Waals surface area contributed by atoms with Crippen molar-refractivity contribution in [1.82, 2.24) is 0 Å². The van der Waals surface area contributed by atoms with Gasteiger partial charge in [0.15, 0.2) is 9.84 Å². The smallest absolute Gasteiger partial charge is 0.161 e. The van der Waals surface area contributed by atoms with Gasteiger partial charge in [-0.15, -0.1) is 0 Å². The molecule has 0 heterocycles. The molecule has 0 radical (unpaired) electrons. The van der Waals surface area contributed by atoms with Crippen molar-refractivity contribution in [2.45, 2.75) is 102 Å². The zero-order chi connectivity index (χ0) is 15.2. The predicted octanol–water partition coefficient (Wildman–Crippen LogP) is 5.12. The van der Waals surface area contributed by atoms with Crippen molar-refractivity contribution in [3.63, 3.8) is 0 Å². The molecule has 3 heteroatoms. The number of hydrogen-bond donors (Lipinski definition) is 0. The molecule has 0 atom stereocenters. The normalized spacial score (nSPS) is 13.8. The largest absolute Gasteiger partial charge is 0.228 e. The van der Waals surface area contributed by atoms with E-state index >= 15 is 0 Å². The highest BCUT2D eigenvalue weighted by atomic mass is 32.2. The third-order valence-electron chi connectivity index (χ3n) is 4.41. The quantitative estimate of drug-likeness (QED) is 0.559. The molecule has 0 spiro atoms. The molecule has 116 valence electrons. The Morgan fingerprint density at radius 1 is 0.632 bits per heavy atom. The van der Waals surface area contributed by atoms with Crippen LogP contribution in [0, 0.1) is 0 Å². The summed E-state index contributed by atoms with van der Waals surface area (Å²) in [4.78, 5) is 0. The number of rotatable bonds is 10. The third kappa shape index (κ3) is 3.96. The summed E-state index contributed by atoms with van der Waals surface area (Å²) in [5, 5.41) is 0. The summed E-state index contributed by atoms with van der Waals surface area (Å²) in [7, 11) is -3.11. The van der Waals surface area contributed by atoms with Gasteiger partial charge >= 0.3 is 0 Å². The van der Waals surface area contributed by atoms with Crippen LogP contribution in [0.5, 0.6) is 0 Å². The zero-order valence-electron chi connectivity index (χ0n) is 13.9. The van der Waals surface area contributed by atoms with Gasteiger partial charge in [0.25, 0.3) is 0 Å². The summed E-state index contributed by atoms with van der Waals surface area (Å²) < 4.78 is 25.4. The maximum atomic E-state index is 13.2. The van der Waals surface area contributed by atoms with Crippen LogP contribution in [-0.2, 0) is 9.84 Å². The van der Waals surface area contributed by atoms with Gasteiger partial charge in [-0.25, -0.2) is 8.42 Å². The molecule has 0 saturated heterocycles. The van der Waals surface area contributed by atoms with Crippen molar-refractivity contribution in [3.05, 3.63) is 0 Å². The molecule has 0 amide bonds. The number of hydrogen-bond acceptors (Lipinski definition) is 2. The lowest BCUT2D eigenvalue weighted by Gasteiger charge is -2.39. The Bertz CT molecular complexity index is 304. The maximum absolute atomic E-state index is 13.2. The SMILES string of the molecule is CCCC(C)(CCC)S(=O)(=O)C(C)(CCC)CCC. The first-order valence-corrected chi connectivity index (χ1v) is 9.47. The van der Waals surface area contributed by atoms with Crippen LogP contribution in [0.1, 0.15) is 92.9 Å². The molecule has 0 aromatic heterocycles. The van der Waals surface area contributed by atoms with Gasteiger partial charge in [0.05, 0.1) is 9.49 Å². The summed E-state index contributed by atoms with van der Waals surface area (Å²) >= 11 is 0. The van der Waals surface area contributed by atoms with Crippen LogP contribution in [0.4, 0.5) is 0 Å². The van der Waals surface area contributed by atoms with Gasteiger partial charge < -0.3 is 0 Å². The molecule has 0 unspecified atom stereocenters. The molecule has 0 fully saturated rings. The number of sulfone groups is 1. The highest BCUT2D eigenvalue weighted by molar-refractivity contribution is 7.94.